The highest BCUT2D eigenvalue weighted by molar-refractivity contribution is 9.09. The molecule has 0 N–H and O–H groups in total. The van der Waals surface area contributed by atoms with Gasteiger partial charge in [0, 0.05) is 4.83 Å². The summed E-state index contributed by atoms with van der Waals surface area (Å²) in [5.41, 5.74) is 1.46. The molecule has 1 fully saturated rings. The van der Waals surface area contributed by atoms with E-state index in [1.165, 1.54) is 44.1 Å². The van der Waals surface area contributed by atoms with E-state index in [0.717, 1.165) is 5.92 Å². The molecule has 1 aliphatic rings. The minimum atomic E-state index is 0.669. The number of halogens is 1. The Labute approximate surface area is 101 Å². The van der Waals surface area contributed by atoms with Crippen LogP contribution in [0.15, 0.2) is 30.3 Å². The summed E-state index contributed by atoms with van der Waals surface area (Å²) >= 11 is 3.82. The van der Waals surface area contributed by atoms with Crippen molar-refractivity contribution in [2.45, 2.75) is 43.4 Å². The molecular formula is C14H19Br. The van der Waals surface area contributed by atoms with Gasteiger partial charge < -0.3 is 0 Å². The minimum absolute atomic E-state index is 0.669. The molecule has 0 saturated heterocycles. The molecule has 1 aromatic rings. The Kier molecular flexibility index (Phi) is 4.25. The van der Waals surface area contributed by atoms with Crippen molar-refractivity contribution < 1.29 is 0 Å². The van der Waals surface area contributed by atoms with E-state index in [2.05, 4.69) is 46.3 Å². The Morgan fingerprint density at radius 1 is 1.13 bits per heavy atom. The number of hydrogen-bond donors (Lipinski definition) is 0. The van der Waals surface area contributed by atoms with Gasteiger partial charge in [0.1, 0.15) is 0 Å². The van der Waals surface area contributed by atoms with Crippen LogP contribution in [0.3, 0.4) is 0 Å². The zero-order valence-corrected chi connectivity index (χ0v) is 10.7. The molecular weight excluding hydrogens is 248 g/mol. The molecule has 1 heteroatoms. The van der Waals surface area contributed by atoms with Crippen molar-refractivity contribution in [1.29, 1.82) is 0 Å². The molecule has 1 atom stereocenters. The van der Waals surface area contributed by atoms with Gasteiger partial charge in [-0.1, -0.05) is 71.9 Å². The van der Waals surface area contributed by atoms with Crippen LogP contribution in [0.25, 0.3) is 0 Å². The maximum Gasteiger partial charge on any atom is 0.0188 e. The van der Waals surface area contributed by atoms with Crippen molar-refractivity contribution in [2.24, 2.45) is 5.92 Å². The Hall–Kier alpha value is -0.300. The van der Waals surface area contributed by atoms with Gasteiger partial charge >= 0.3 is 0 Å². The van der Waals surface area contributed by atoms with Crippen LogP contribution in [-0.4, -0.2) is 4.83 Å². The molecule has 0 aromatic heterocycles. The second-order valence-electron chi connectivity index (χ2n) is 4.67. The average Bonchev–Trinajstić information content (AvgIpc) is 2.71. The standard InChI is InChI=1S/C14H19Br/c15-14(11-13-8-4-5-9-13)10-12-6-2-1-3-7-12/h1-3,6-7,13-14H,4-5,8-11H2. The van der Waals surface area contributed by atoms with E-state index in [9.17, 15) is 0 Å². The maximum absolute atomic E-state index is 3.82. The van der Waals surface area contributed by atoms with Crippen molar-refractivity contribution in [2.75, 3.05) is 0 Å². The molecule has 0 amide bonds. The summed E-state index contributed by atoms with van der Waals surface area (Å²) in [6.07, 6.45) is 8.35. The zero-order chi connectivity index (χ0) is 10.5. The van der Waals surface area contributed by atoms with Crippen molar-refractivity contribution in [3.8, 4) is 0 Å². The molecule has 1 saturated carbocycles. The van der Waals surface area contributed by atoms with Crippen LogP contribution in [0, 0.1) is 5.92 Å². The highest BCUT2D eigenvalue weighted by atomic mass is 79.9. The van der Waals surface area contributed by atoms with Crippen LogP contribution < -0.4 is 0 Å². The lowest BCUT2D eigenvalue weighted by Gasteiger charge is -2.14. The van der Waals surface area contributed by atoms with Crippen molar-refractivity contribution in [1.82, 2.24) is 0 Å². The Bertz CT molecular complexity index is 275. The van der Waals surface area contributed by atoms with Crippen LogP contribution in [0.2, 0.25) is 0 Å². The molecule has 0 spiro atoms. The second-order valence-corrected chi connectivity index (χ2v) is 5.97. The first kappa shape index (κ1) is 11.2. The van der Waals surface area contributed by atoms with Crippen LogP contribution in [0.5, 0.6) is 0 Å². The van der Waals surface area contributed by atoms with Gasteiger partial charge in [-0.3, -0.25) is 0 Å². The number of hydrogen-bond acceptors (Lipinski definition) is 0. The van der Waals surface area contributed by atoms with E-state index in [0.29, 0.717) is 4.83 Å². The third-order valence-corrected chi connectivity index (χ3v) is 4.06. The van der Waals surface area contributed by atoms with Gasteiger partial charge in [-0.05, 0) is 24.3 Å². The largest absolute Gasteiger partial charge is 0.0887 e. The Morgan fingerprint density at radius 3 is 2.47 bits per heavy atom. The van der Waals surface area contributed by atoms with Crippen LogP contribution in [0.4, 0.5) is 0 Å². The summed E-state index contributed by atoms with van der Waals surface area (Å²) < 4.78 is 0. The molecule has 1 aliphatic carbocycles. The summed E-state index contributed by atoms with van der Waals surface area (Å²) in [5.74, 6) is 0.984. The summed E-state index contributed by atoms with van der Waals surface area (Å²) in [7, 11) is 0. The summed E-state index contributed by atoms with van der Waals surface area (Å²) in [6.45, 7) is 0. The average molecular weight is 267 g/mol. The third-order valence-electron chi connectivity index (χ3n) is 3.36. The summed E-state index contributed by atoms with van der Waals surface area (Å²) in [4.78, 5) is 0.669. The van der Waals surface area contributed by atoms with Crippen molar-refractivity contribution in [3.63, 3.8) is 0 Å². The van der Waals surface area contributed by atoms with Crippen LogP contribution in [0.1, 0.15) is 37.7 Å². The molecule has 0 nitrogen and oxygen atoms in total. The first-order valence-electron chi connectivity index (χ1n) is 6.02. The second kappa shape index (κ2) is 5.69. The lowest BCUT2D eigenvalue weighted by molar-refractivity contribution is 0.495. The molecule has 0 radical (unpaired) electrons. The van der Waals surface area contributed by atoms with E-state index in [1.807, 2.05) is 0 Å². The van der Waals surface area contributed by atoms with Gasteiger partial charge in [-0.2, -0.15) is 0 Å². The molecule has 2 rings (SSSR count). The fraction of sp³-hybridized carbons (Fsp3) is 0.571. The van der Waals surface area contributed by atoms with E-state index < -0.39 is 0 Å². The molecule has 1 aromatic carbocycles. The predicted octanol–water partition coefficient (Wildman–Crippen LogP) is 4.57. The fourth-order valence-electron chi connectivity index (χ4n) is 2.56. The molecule has 0 aliphatic heterocycles. The number of alkyl halides is 1. The minimum Gasteiger partial charge on any atom is -0.0887 e. The first-order chi connectivity index (χ1) is 7.34. The van der Waals surface area contributed by atoms with Gasteiger partial charge in [0.15, 0.2) is 0 Å². The third kappa shape index (κ3) is 3.64. The lowest BCUT2D eigenvalue weighted by atomic mass is 9.98. The summed E-state index contributed by atoms with van der Waals surface area (Å²) in [6, 6.07) is 10.8. The molecule has 82 valence electrons. The zero-order valence-electron chi connectivity index (χ0n) is 9.16. The van der Waals surface area contributed by atoms with E-state index in [-0.39, 0.29) is 0 Å². The monoisotopic (exact) mass is 266 g/mol. The van der Waals surface area contributed by atoms with Crippen LogP contribution in [-0.2, 0) is 6.42 Å². The Balaban J connectivity index is 1.79. The smallest absolute Gasteiger partial charge is 0.0188 e. The van der Waals surface area contributed by atoms with E-state index in [4.69, 9.17) is 0 Å². The van der Waals surface area contributed by atoms with Gasteiger partial charge in [0.2, 0.25) is 0 Å². The summed E-state index contributed by atoms with van der Waals surface area (Å²) in [5, 5.41) is 0. The highest BCUT2D eigenvalue weighted by Crippen LogP contribution is 2.31. The van der Waals surface area contributed by atoms with Gasteiger partial charge in [0.05, 0.1) is 0 Å². The molecule has 0 bridgehead atoms. The quantitative estimate of drug-likeness (QED) is 0.701. The van der Waals surface area contributed by atoms with Crippen molar-refractivity contribution in [3.05, 3.63) is 35.9 Å². The van der Waals surface area contributed by atoms with Gasteiger partial charge in [0.25, 0.3) is 0 Å². The maximum atomic E-state index is 3.82. The normalized spacial score (nSPS) is 19.3. The number of rotatable bonds is 4. The topological polar surface area (TPSA) is 0 Å². The fourth-order valence-corrected chi connectivity index (χ4v) is 3.46. The predicted molar refractivity (Wildman–Crippen MR) is 69.4 cm³/mol. The number of benzene rings is 1. The van der Waals surface area contributed by atoms with E-state index >= 15 is 0 Å². The lowest BCUT2D eigenvalue weighted by Crippen LogP contribution is -2.08. The SMILES string of the molecule is BrC(Cc1ccccc1)CC1CCCC1. The van der Waals surface area contributed by atoms with Gasteiger partial charge in [-0.25, -0.2) is 0 Å². The molecule has 15 heavy (non-hydrogen) atoms. The van der Waals surface area contributed by atoms with Crippen molar-refractivity contribution >= 4 is 15.9 Å². The first-order valence-corrected chi connectivity index (χ1v) is 6.94. The molecule has 0 heterocycles. The van der Waals surface area contributed by atoms with Crippen LogP contribution >= 0.6 is 15.9 Å². The van der Waals surface area contributed by atoms with Gasteiger partial charge in [-0.15, -0.1) is 0 Å². The molecule has 1 unspecified atom stereocenters. The van der Waals surface area contributed by atoms with E-state index in [1.54, 1.807) is 0 Å². The Morgan fingerprint density at radius 2 is 1.80 bits per heavy atom. The highest BCUT2D eigenvalue weighted by Gasteiger charge is 2.18.